The van der Waals surface area contributed by atoms with Gasteiger partial charge in [-0.05, 0) is 71.4 Å². The van der Waals surface area contributed by atoms with Crippen molar-refractivity contribution in [3.05, 3.63) is 56.6 Å². The summed E-state index contributed by atoms with van der Waals surface area (Å²) in [5, 5.41) is -0.200. The summed E-state index contributed by atoms with van der Waals surface area (Å²) in [5.41, 5.74) is 0.634. The van der Waals surface area contributed by atoms with Crippen LogP contribution in [0, 0.1) is 21.0 Å². The molecule has 1 heterocycles. The van der Waals surface area contributed by atoms with E-state index in [1.807, 2.05) is 22.6 Å². The van der Waals surface area contributed by atoms with Crippen LogP contribution in [0.3, 0.4) is 0 Å². The molecular formula is C16H10ClF3IN3. The second-order valence-electron chi connectivity index (χ2n) is 4.94. The number of benzene rings is 2. The number of hydrogen-bond donors (Lipinski definition) is 0. The molecule has 0 bridgehead atoms. The molecule has 0 radical (unpaired) electrons. The summed E-state index contributed by atoms with van der Waals surface area (Å²) in [6, 6.07) is 6.68. The minimum Gasteiger partial charge on any atom is -0.326 e. The fraction of sp³-hybridized carbons (Fsp3) is 0.125. The Morgan fingerprint density at radius 1 is 1.12 bits per heavy atom. The number of aromatic nitrogens is 2. The molecule has 0 N–H and O–H groups in total. The molecule has 0 aliphatic heterocycles. The molecule has 2 aromatic carbocycles. The average Bonchev–Trinajstić information content (AvgIpc) is 2.50. The molecular weight excluding hydrogens is 454 g/mol. The molecule has 0 amide bonds. The zero-order valence-corrected chi connectivity index (χ0v) is 15.2. The number of fused-ring (bicyclic) bond motifs is 1. The quantitative estimate of drug-likeness (QED) is 0.381. The van der Waals surface area contributed by atoms with Crippen molar-refractivity contribution in [1.82, 2.24) is 9.97 Å². The van der Waals surface area contributed by atoms with Gasteiger partial charge in [-0.1, -0.05) is 0 Å². The van der Waals surface area contributed by atoms with E-state index >= 15 is 0 Å². The molecule has 8 heteroatoms. The largest absolute Gasteiger partial charge is 0.326 e. The van der Waals surface area contributed by atoms with Crippen LogP contribution in [0.25, 0.3) is 10.9 Å². The van der Waals surface area contributed by atoms with Crippen molar-refractivity contribution in [3.8, 4) is 0 Å². The van der Waals surface area contributed by atoms with Crippen LogP contribution in [-0.2, 0) is 0 Å². The van der Waals surface area contributed by atoms with Crippen LogP contribution >= 0.6 is 34.2 Å². The van der Waals surface area contributed by atoms with Crippen molar-refractivity contribution in [1.29, 1.82) is 0 Å². The van der Waals surface area contributed by atoms with Crippen LogP contribution in [0.5, 0.6) is 0 Å². The molecule has 0 spiro atoms. The van der Waals surface area contributed by atoms with Gasteiger partial charge >= 0.3 is 0 Å². The van der Waals surface area contributed by atoms with E-state index in [2.05, 4.69) is 9.97 Å². The topological polar surface area (TPSA) is 29.0 Å². The van der Waals surface area contributed by atoms with Crippen LogP contribution in [0.2, 0.25) is 5.28 Å². The molecule has 124 valence electrons. The SMILES string of the molecule is CCN(c1cc(F)cc(I)c1)c1nc(Cl)nc2ccc(F)c(F)c12. The lowest BCUT2D eigenvalue weighted by molar-refractivity contribution is 0.516. The van der Waals surface area contributed by atoms with Crippen molar-refractivity contribution in [2.45, 2.75) is 6.92 Å². The number of nitrogens with zero attached hydrogens (tertiary/aromatic N) is 3. The van der Waals surface area contributed by atoms with Crippen LogP contribution < -0.4 is 4.90 Å². The number of anilines is 2. The summed E-state index contributed by atoms with van der Waals surface area (Å²) in [7, 11) is 0. The normalized spacial score (nSPS) is 11.1. The smallest absolute Gasteiger partial charge is 0.224 e. The highest BCUT2D eigenvalue weighted by atomic mass is 127. The Bertz CT molecular complexity index is 916. The van der Waals surface area contributed by atoms with Crippen molar-refractivity contribution < 1.29 is 13.2 Å². The van der Waals surface area contributed by atoms with Gasteiger partial charge in [-0.3, -0.25) is 0 Å². The van der Waals surface area contributed by atoms with Gasteiger partial charge in [-0.2, -0.15) is 4.98 Å². The fourth-order valence-electron chi connectivity index (χ4n) is 2.46. The summed E-state index contributed by atoms with van der Waals surface area (Å²) in [6.07, 6.45) is 0. The van der Waals surface area contributed by atoms with E-state index < -0.39 is 17.5 Å². The van der Waals surface area contributed by atoms with Gasteiger partial charge in [0.25, 0.3) is 0 Å². The highest BCUT2D eigenvalue weighted by Gasteiger charge is 2.20. The number of rotatable bonds is 3. The summed E-state index contributed by atoms with van der Waals surface area (Å²) in [5.74, 6) is -2.43. The van der Waals surface area contributed by atoms with Crippen LogP contribution in [0.4, 0.5) is 24.7 Å². The van der Waals surface area contributed by atoms with Crippen molar-refractivity contribution in [2.24, 2.45) is 0 Å². The molecule has 24 heavy (non-hydrogen) atoms. The van der Waals surface area contributed by atoms with Crippen LogP contribution in [0.1, 0.15) is 6.92 Å². The summed E-state index contributed by atoms with van der Waals surface area (Å²) < 4.78 is 42.5. The summed E-state index contributed by atoms with van der Waals surface area (Å²) in [4.78, 5) is 9.55. The van der Waals surface area contributed by atoms with Gasteiger partial charge in [-0.15, -0.1) is 0 Å². The maximum atomic E-state index is 14.4. The molecule has 3 nitrogen and oxygen atoms in total. The Morgan fingerprint density at radius 3 is 2.54 bits per heavy atom. The first kappa shape index (κ1) is 17.2. The zero-order valence-electron chi connectivity index (χ0n) is 12.3. The predicted octanol–water partition coefficient (Wildman–Crippen LogP) is 5.46. The lowest BCUT2D eigenvalue weighted by Crippen LogP contribution is -2.19. The van der Waals surface area contributed by atoms with E-state index in [1.54, 1.807) is 17.9 Å². The molecule has 3 rings (SSSR count). The highest BCUT2D eigenvalue weighted by molar-refractivity contribution is 14.1. The van der Waals surface area contributed by atoms with E-state index in [-0.39, 0.29) is 22.0 Å². The maximum Gasteiger partial charge on any atom is 0.224 e. The molecule has 1 aromatic heterocycles. The second-order valence-corrected chi connectivity index (χ2v) is 6.53. The van der Waals surface area contributed by atoms with E-state index in [0.717, 1.165) is 6.07 Å². The molecule has 0 fully saturated rings. The lowest BCUT2D eigenvalue weighted by Gasteiger charge is -2.24. The van der Waals surface area contributed by atoms with E-state index in [4.69, 9.17) is 11.6 Å². The monoisotopic (exact) mass is 463 g/mol. The van der Waals surface area contributed by atoms with Crippen molar-refractivity contribution in [3.63, 3.8) is 0 Å². The van der Waals surface area contributed by atoms with Gasteiger partial charge in [0.05, 0.1) is 10.9 Å². The molecule has 0 saturated heterocycles. The average molecular weight is 464 g/mol. The van der Waals surface area contributed by atoms with E-state index in [0.29, 0.717) is 15.8 Å². The Morgan fingerprint density at radius 2 is 1.88 bits per heavy atom. The van der Waals surface area contributed by atoms with E-state index in [1.165, 1.54) is 18.2 Å². The highest BCUT2D eigenvalue weighted by Crippen LogP contribution is 2.34. The molecule has 0 saturated carbocycles. The zero-order chi connectivity index (χ0) is 17.4. The first-order chi connectivity index (χ1) is 11.4. The summed E-state index contributed by atoms with van der Waals surface area (Å²) in [6.45, 7) is 2.13. The van der Waals surface area contributed by atoms with Gasteiger partial charge in [0.15, 0.2) is 11.6 Å². The van der Waals surface area contributed by atoms with Crippen LogP contribution in [-0.4, -0.2) is 16.5 Å². The molecule has 0 atom stereocenters. The first-order valence-electron chi connectivity index (χ1n) is 6.95. The lowest BCUT2D eigenvalue weighted by atomic mass is 10.2. The predicted molar refractivity (Wildman–Crippen MR) is 96.3 cm³/mol. The van der Waals surface area contributed by atoms with E-state index in [9.17, 15) is 13.2 Å². The molecule has 0 aliphatic carbocycles. The Labute approximate surface area is 154 Å². The molecule has 3 aromatic rings. The fourth-order valence-corrected chi connectivity index (χ4v) is 3.25. The van der Waals surface area contributed by atoms with Crippen LogP contribution in [0.15, 0.2) is 30.3 Å². The van der Waals surface area contributed by atoms with Gasteiger partial charge in [0, 0.05) is 15.8 Å². The third kappa shape index (κ3) is 3.14. The number of halogens is 5. The standard InChI is InChI=1S/C16H10ClF3IN3/c1-2-24(10-6-8(18)5-9(21)7-10)15-13-12(22-16(17)23-15)4-3-11(19)14(13)20/h3-7H,2H2,1H3. The third-order valence-corrected chi connectivity index (χ3v) is 4.23. The van der Waals surface area contributed by atoms with Crippen molar-refractivity contribution >= 4 is 56.6 Å². The van der Waals surface area contributed by atoms with Crippen molar-refractivity contribution in [2.75, 3.05) is 11.4 Å². The number of hydrogen-bond acceptors (Lipinski definition) is 3. The van der Waals surface area contributed by atoms with Gasteiger partial charge in [0.2, 0.25) is 5.28 Å². The third-order valence-electron chi connectivity index (χ3n) is 3.44. The minimum atomic E-state index is -1.07. The second kappa shape index (κ2) is 6.72. The summed E-state index contributed by atoms with van der Waals surface area (Å²) >= 11 is 7.90. The molecule has 0 unspecified atom stereocenters. The van der Waals surface area contributed by atoms with Gasteiger partial charge in [-0.25, -0.2) is 18.2 Å². The first-order valence-corrected chi connectivity index (χ1v) is 8.41. The van der Waals surface area contributed by atoms with Gasteiger partial charge in [0.1, 0.15) is 11.6 Å². The maximum absolute atomic E-state index is 14.4. The Kier molecular flexibility index (Phi) is 4.82. The minimum absolute atomic E-state index is 0.0888. The van der Waals surface area contributed by atoms with Gasteiger partial charge < -0.3 is 4.90 Å². The molecule has 0 aliphatic rings. The Balaban J connectivity index is 2.31. The Hall–Kier alpha value is -1.61.